The summed E-state index contributed by atoms with van der Waals surface area (Å²) in [7, 11) is 1.45. The second kappa shape index (κ2) is 5.15. The molecule has 16 heavy (non-hydrogen) atoms. The molecule has 1 N–H and O–H groups in total. The van der Waals surface area contributed by atoms with E-state index in [9.17, 15) is 4.79 Å². The first-order valence-electron chi connectivity index (χ1n) is 6.30. The van der Waals surface area contributed by atoms with Crippen molar-refractivity contribution in [3.63, 3.8) is 0 Å². The molecule has 4 nitrogen and oxygen atoms in total. The normalized spacial score (nSPS) is 32.1. The van der Waals surface area contributed by atoms with Crippen LogP contribution in [0.2, 0.25) is 0 Å². The van der Waals surface area contributed by atoms with E-state index in [1.54, 1.807) is 0 Å². The van der Waals surface area contributed by atoms with Gasteiger partial charge >= 0.3 is 5.97 Å². The minimum atomic E-state index is -0.183. The number of nitrogens with zero attached hydrogens (tertiary/aromatic N) is 1. The Hall–Kier alpha value is -0.610. The average Bonchev–Trinajstić information content (AvgIpc) is 2.72. The van der Waals surface area contributed by atoms with Crippen LogP contribution in [0.1, 0.15) is 32.6 Å². The summed E-state index contributed by atoms with van der Waals surface area (Å²) in [4.78, 5) is 13.9. The molecule has 92 valence electrons. The lowest BCUT2D eigenvalue weighted by Crippen LogP contribution is -2.49. The maximum Gasteiger partial charge on any atom is 0.322 e. The molecular formula is C12H22N2O2. The first-order valence-corrected chi connectivity index (χ1v) is 6.30. The Bertz CT molecular complexity index is 257. The summed E-state index contributed by atoms with van der Waals surface area (Å²) in [5.41, 5.74) is 0. The molecule has 2 saturated heterocycles. The summed E-state index contributed by atoms with van der Waals surface area (Å²) in [5, 5.41) is 3.41. The van der Waals surface area contributed by atoms with Gasteiger partial charge in [-0.15, -0.1) is 0 Å². The molecule has 4 heteroatoms. The van der Waals surface area contributed by atoms with Gasteiger partial charge in [-0.2, -0.15) is 0 Å². The van der Waals surface area contributed by atoms with Crippen LogP contribution in [-0.4, -0.2) is 49.2 Å². The predicted octanol–water partition coefficient (Wildman–Crippen LogP) is 0.764. The second-order valence-corrected chi connectivity index (χ2v) is 4.91. The average molecular weight is 226 g/mol. The Morgan fingerprint density at radius 1 is 1.38 bits per heavy atom. The van der Waals surface area contributed by atoms with Crippen LogP contribution in [0.4, 0.5) is 0 Å². The van der Waals surface area contributed by atoms with Gasteiger partial charge in [-0.25, -0.2) is 0 Å². The van der Waals surface area contributed by atoms with Crippen molar-refractivity contribution in [2.45, 2.75) is 50.7 Å². The highest BCUT2D eigenvalue weighted by molar-refractivity contribution is 5.75. The van der Waals surface area contributed by atoms with Crippen molar-refractivity contribution < 1.29 is 9.53 Å². The zero-order valence-electron chi connectivity index (χ0n) is 10.2. The first kappa shape index (κ1) is 11.9. The number of methoxy groups -OCH3 is 1. The van der Waals surface area contributed by atoms with E-state index in [4.69, 9.17) is 4.74 Å². The Balaban J connectivity index is 1.88. The first-order chi connectivity index (χ1) is 7.72. The molecule has 2 unspecified atom stereocenters. The van der Waals surface area contributed by atoms with Crippen LogP contribution in [0.25, 0.3) is 0 Å². The molecule has 0 spiro atoms. The lowest BCUT2D eigenvalue weighted by molar-refractivity contribution is -0.142. The summed E-state index contributed by atoms with van der Waals surface area (Å²) in [6, 6.07) is 0.923. The number of fused-ring (bicyclic) bond motifs is 1. The third-order valence-electron chi connectivity index (χ3n) is 3.87. The van der Waals surface area contributed by atoms with Crippen LogP contribution in [0.15, 0.2) is 0 Å². The van der Waals surface area contributed by atoms with Crippen molar-refractivity contribution >= 4 is 5.97 Å². The number of carbonyl (C=O) groups is 1. The third-order valence-corrected chi connectivity index (χ3v) is 3.87. The SMILES string of the molecule is COC(=O)[C@H](C)NC1CCN2CCCCC12. The summed E-state index contributed by atoms with van der Waals surface area (Å²) >= 11 is 0. The largest absolute Gasteiger partial charge is 0.468 e. The van der Waals surface area contributed by atoms with Crippen molar-refractivity contribution in [1.29, 1.82) is 0 Å². The lowest BCUT2D eigenvalue weighted by atomic mass is 9.98. The minimum Gasteiger partial charge on any atom is -0.468 e. The fourth-order valence-electron chi connectivity index (χ4n) is 3.01. The number of hydrogen-bond acceptors (Lipinski definition) is 4. The lowest BCUT2D eigenvalue weighted by Gasteiger charge is -2.33. The molecule has 0 bridgehead atoms. The topological polar surface area (TPSA) is 41.6 Å². The highest BCUT2D eigenvalue weighted by Gasteiger charge is 2.36. The van der Waals surface area contributed by atoms with Crippen molar-refractivity contribution in [2.75, 3.05) is 20.2 Å². The predicted molar refractivity (Wildman–Crippen MR) is 62.2 cm³/mol. The molecule has 0 amide bonds. The van der Waals surface area contributed by atoms with Crippen molar-refractivity contribution in [2.24, 2.45) is 0 Å². The molecule has 0 aliphatic carbocycles. The van der Waals surface area contributed by atoms with E-state index in [-0.39, 0.29) is 12.0 Å². The highest BCUT2D eigenvalue weighted by atomic mass is 16.5. The number of ether oxygens (including phenoxy) is 1. The quantitative estimate of drug-likeness (QED) is 0.722. The highest BCUT2D eigenvalue weighted by Crippen LogP contribution is 2.27. The third kappa shape index (κ3) is 2.38. The maximum absolute atomic E-state index is 11.4. The van der Waals surface area contributed by atoms with Crippen LogP contribution >= 0.6 is 0 Å². The van der Waals surface area contributed by atoms with Gasteiger partial charge < -0.3 is 10.1 Å². The molecule has 2 fully saturated rings. The Labute approximate surface area is 97.3 Å². The molecule has 0 saturated carbocycles. The molecule has 0 radical (unpaired) electrons. The molecule has 3 atom stereocenters. The number of rotatable bonds is 3. The van der Waals surface area contributed by atoms with Gasteiger partial charge in [-0.3, -0.25) is 9.69 Å². The van der Waals surface area contributed by atoms with Gasteiger partial charge in [0.1, 0.15) is 6.04 Å². The zero-order chi connectivity index (χ0) is 11.5. The minimum absolute atomic E-state index is 0.158. The van der Waals surface area contributed by atoms with E-state index >= 15 is 0 Å². The molecular weight excluding hydrogens is 204 g/mol. The van der Waals surface area contributed by atoms with Gasteiger partial charge in [0.05, 0.1) is 7.11 Å². The van der Waals surface area contributed by atoms with E-state index in [2.05, 4.69) is 10.2 Å². The van der Waals surface area contributed by atoms with Crippen molar-refractivity contribution in [3.05, 3.63) is 0 Å². The summed E-state index contributed by atoms with van der Waals surface area (Å²) in [5.74, 6) is -0.158. The number of carbonyl (C=O) groups excluding carboxylic acids is 1. The van der Waals surface area contributed by atoms with Crippen LogP contribution in [-0.2, 0) is 9.53 Å². The molecule has 2 aliphatic rings. The van der Waals surface area contributed by atoms with E-state index in [0.717, 1.165) is 6.42 Å². The number of esters is 1. The van der Waals surface area contributed by atoms with Gasteiger partial charge in [0.25, 0.3) is 0 Å². The molecule has 0 aromatic rings. The molecule has 2 heterocycles. The summed E-state index contributed by atoms with van der Waals surface area (Å²) in [6.07, 6.45) is 5.08. The van der Waals surface area contributed by atoms with Gasteiger partial charge in [0.15, 0.2) is 0 Å². The van der Waals surface area contributed by atoms with Crippen molar-refractivity contribution in [3.8, 4) is 0 Å². The number of hydrogen-bond donors (Lipinski definition) is 1. The molecule has 2 rings (SSSR count). The van der Waals surface area contributed by atoms with E-state index in [0.29, 0.717) is 12.1 Å². The van der Waals surface area contributed by atoms with Crippen molar-refractivity contribution in [1.82, 2.24) is 10.2 Å². The van der Waals surface area contributed by atoms with Crippen LogP contribution in [0.5, 0.6) is 0 Å². The summed E-state index contributed by atoms with van der Waals surface area (Å²) < 4.78 is 4.74. The monoisotopic (exact) mass is 226 g/mol. The van der Waals surface area contributed by atoms with Crippen LogP contribution in [0, 0.1) is 0 Å². The fourth-order valence-corrected chi connectivity index (χ4v) is 3.01. The van der Waals surface area contributed by atoms with E-state index < -0.39 is 0 Å². The van der Waals surface area contributed by atoms with Gasteiger partial charge in [-0.1, -0.05) is 6.42 Å². The van der Waals surface area contributed by atoms with Gasteiger partial charge in [0.2, 0.25) is 0 Å². The van der Waals surface area contributed by atoms with Crippen LogP contribution in [0.3, 0.4) is 0 Å². The molecule has 0 aromatic carbocycles. The standard InChI is InChI=1S/C12H22N2O2/c1-9(12(15)16-2)13-10-6-8-14-7-4-3-5-11(10)14/h9-11,13H,3-8H2,1-2H3/t9-,10?,11?/m0/s1. The zero-order valence-corrected chi connectivity index (χ0v) is 10.2. The Morgan fingerprint density at radius 3 is 2.94 bits per heavy atom. The fraction of sp³-hybridized carbons (Fsp3) is 0.917. The van der Waals surface area contributed by atoms with Gasteiger partial charge in [0, 0.05) is 18.6 Å². The Kier molecular flexibility index (Phi) is 3.82. The summed E-state index contributed by atoms with van der Waals surface area (Å²) in [6.45, 7) is 4.29. The Morgan fingerprint density at radius 2 is 2.19 bits per heavy atom. The second-order valence-electron chi connectivity index (χ2n) is 4.91. The molecule has 0 aromatic heterocycles. The van der Waals surface area contributed by atoms with Crippen LogP contribution < -0.4 is 5.32 Å². The smallest absolute Gasteiger partial charge is 0.322 e. The van der Waals surface area contributed by atoms with E-state index in [1.807, 2.05) is 6.92 Å². The number of nitrogens with one attached hydrogen (secondary N) is 1. The maximum atomic E-state index is 11.4. The van der Waals surface area contributed by atoms with E-state index in [1.165, 1.54) is 39.5 Å². The molecule has 2 aliphatic heterocycles. The van der Waals surface area contributed by atoms with Gasteiger partial charge in [-0.05, 0) is 32.7 Å². The number of piperidine rings is 1.